The van der Waals surface area contributed by atoms with Crippen molar-refractivity contribution in [1.82, 2.24) is 9.91 Å². The fourth-order valence-electron chi connectivity index (χ4n) is 4.25. The first-order valence-corrected chi connectivity index (χ1v) is 9.98. The topological polar surface area (TPSA) is 96.3 Å². The zero-order valence-electron chi connectivity index (χ0n) is 16.1. The van der Waals surface area contributed by atoms with Crippen LogP contribution < -0.4 is 0 Å². The van der Waals surface area contributed by atoms with Crippen LogP contribution in [0.1, 0.15) is 37.7 Å². The van der Waals surface area contributed by atoms with Gasteiger partial charge in [-0.3, -0.25) is 24.1 Å². The van der Waals surface area contributed by atoms with Crippen LogP contribution in [0, 0.1) is 11.8 Å². The second-order valence-electron chi connectivity index (χ2n) is 7.60. The summed E-state index contributed by atoms with van der Waals surface area (Å²) < 4.78 is 5.02. The summed E-state index contributed by atoms with van der Waals surface area (Å²) in [6.45, 7) is -0.475. The van der Waals surface area contributed by atoms with Crippen LogP contribution in [0.15, 0.2) is 35.4 Å². The first-order valence-electron chi connectivity index (χ1n) is 9.98. The maximum absolute atomic E-state index is 12.4. The van der Waals surface area contributed by atoms with Crippen LogP contribution in [0.25, 0.3) is 0 Å². The summed E-state index contributed by atoms with van der Waals surface area (Å²) in [5.74, 6) is -2.39. The molecule has 1 aliphatic carbocycles. The molecule has 0 aromatic heterocycles. The minimum absolute atomic E-state index is 0.292. The largest absolute Gasteiger partial charge is 0.454 e. The van der Waals surface area contributed by atoms with Crippen molar-refractivity contribution in [3.05, 3.63) is 35.9 Å². The first kappa shape index (κ1) is 19.3. The lowest BCUT2D eigenvalue weighted by Gasteiger charge is -2.19. The predicted molar refractivity (Wildman–Crippen MR) is 102 cm³/mol. The van der Waals surface area contributed by atoms with Crippen LogP contribution in [-0.2, 0) is 23.9 Å². The molecule has 2 heterocycles. The van der Waals surface area contributed by atoms with Crippen LogP contribution in [0.3, 0.4) is 0 Å². The highest BCUT2D eigenvalue weighted by Gasteiger charge is 2.48. The molecule has 0 spiro atoms. The van der Waals surface area contributed by atoms with Crippen LogP contribution in [0.2, 0.25) is 0 Å². The number of likely N-dealkylation sites (tertiary alicyclic amines) is 1. The Morgan fingerprint density at radius 3 is 2.34 bits per heavy atom. The van der Waals surface area contributed by atoms with Crippen molar-refractivity contribution in [1.29, 1.82) is 0 Å². The van der Waals surface area contributed by atoms with E-state index in [1.165, 1.54) is 5.01 Å². The van der Waals surface area contributed by atoms with E-state index in [1.807, 2.05) is 30.3 Å². The number of hydrazone groups is 1. The molecular weight excluding hydrogens is 374 g/mol. The fourth-order valence-corrected chi connectivity index (χ4v) is 4.25. The smallest absolute Gasteiger partial charge is 0.326 e. The second kappa shape index (κ2) is 8.14. The van der Waals surface area contributed by atoms with Crippen LogP contribution in [0.4, 0.5) is 0 Å². The van der Waals surface area contributed by atoms with Gasteiger partial charge in [0.25, 0.3) is 5.91 Å². The van der Waals surface area contributed by atoms with E-state index < -0.39 is 25.0 Å². The van der Waals surface area contributed by atoms with Gasteiger partial charge < -0.3 is 4.74 Å². The highest BCUT2D eigenvalue weighted by Crippen LogP contribution is 2.37. The highest BCUT2D eigenvalue weighted by atomic mass is 16.5. The van der Waals surface area contributed by atoms with Gasteiger partial charge >= 0.3 is 5.97 Å². The Morgan fingerprint density at radius 1 is 1.03 bits per heavy atom. The number of ether oxygens (including phenoxy) is 1. The Bertz CT molecular complexity index is 842. The molecule has 2 atom stereocenters. The lowest BCUT2D eigenvalue weighted by molar-refractivity contribution is -0.156. The number of hydrogen-bond donors (Lipinski definition) is 0. The summed E-state index contributed by atoms with van der Waals surface area (Å²) in [6, 6.07) is 9.57. The number of nitrogens with zero attached hydrogens (tertiary/aromatic N) is 3. The number of hydrogen-bond acceptors (Lipinski definition) is 6. The van der Waals surface area contributed by atoms with Gasteiger partial charge in [0, 0.05) is 6.42 Å². The molecule has 8 heteroatoms. The molecule has 0 bridgehead atoms. The van der Waals surface area contributed by atoms with Crippen molar-refractivity contribution in [2.45, 2.75) is 32.1 Å². The van der Waals surface area contributed by atoms with Crippen LogP contribution >= 0.6 is 0 Å². The monoisotopic (exact) mass is 397 g/mol. The van der Waals surface area contributed by atoms with Gasteiger partial charge in [-0.15, -0.1) is 0 Å². The Morgan fingerprint density at radius 2 is 1.69 bits per heavy atom. The van der Waals surface area contributed by atoms with Crippen molar-refractivity contribution >= 4 is 29.4 Å². The maximum Gasteiger partial charge on any atom is 0.326 e. The number of amides is 3. The number of rotatable bonds is 5. The van der Waals surface area contributed by atoms with Gasteiger partial charge in [-0.2, -0.15) is 5.10 Å². The van der Waals surface area contributed by atoms with Crippen molar-refractivity contribution in [2.24, 2.45) is 16.9 Å². The van der Waals surface area contributed by atoms with E-state index in [0.717, 1.165) is 29.0 Å². The fraction of sp³-hybridized carbons (Fsp3) is 0.476. The number of fused-ring (bicyclic) bond motifs is 1. The molecule has 1 saturated carbocycles. The molecule has 1 saturated heterocycles. The van der Waals surface area contributed by atoms with Crippen molar-refractivity contribution < 1.29 is 23.9 Å². The van der Waals surface area contributed by atoms with Crippen molar-refractivity contribution in [3.8, 4) is 0 Å². The lowest BCUT2D eigenvalue weighted by atomic mass is 9.81. The number of imide groups is 1. The third-order valence-electron chi connectivity index (χ3n) is 5.77. The van der Waals surface area contributed by atoms with Gasteiger partial charge in [0.05, 0.1) is 24.1 Å². The molecule has 152 valence electrons. The molecular formula is C21H23N3O5. The predicted octanol–water partition coefficient (Wildman–Crippen LogP) is 1.34. The van der Waals surface area contributed by atoms with E-state index in [9.17, 15) is 19.2 Å². The SMILES string of the molecule is O=C(CN1C(=O)[C@H]2CCCC[C@H]2C1=O)OCC(=O)N1CCC(c2ccccc2)=N1. The molecule has 2 fully saturated rings. The summed E-state index contributed by atoms with van der Waals surface area (Å²) in [5, 5.41) is 5.59. The number of carbonyl (C=O) groups is 4. The number of carbonyl (C=O) groups excluding carboxylic acids is 4. The van der Waals surface area contributed by atoms with E-state index in [-0.39, 0.29) is 23.7 Å². The normalized spacial score (nSPS) is 23.8. The summed E-state index contributed by atoms with van der Waals surface area (Å²) >= 11 is 0. The average molecular weight is 397 g/mol. The zero-order chi connectivity index (χ0) is 20.4. The highest BCUT2D eigenvalue weighted by molar-refractivity contribution is 6.07. The minimum Gasteiger partial charge on any atom is -0.454 e. The van der Waals surface area contributed by atoms with Crippen LogP contribution in [-0.4, -0.2) is 59.0 Å². The van der Waals surface area contributed by atoms with Gasteiger partial charge in [0.1, 0.15) is 6.54 Å². The third-order valence-corrected chi connectivity index (χ3v) is 5.77. The Balaban J connectivity index is 1.29. The summed E-state index contributed by atoms with van der Waals surface area (Å²) in [6.07, 6.45) is 3.86. The third kappa shape index (κ3) is 3.92. The van der Waals surface area contributed by atoms with E-state index >= 15 is 0 Å². The Labute approximate surface area is 168 Å². The van der Waals surface area contributed by atoms with Gasteiger partial charge in [0.15, 0.2) is 6.61 Å². The molecule has 0 unspecified atom stereocenters. The molecule has 3 aliphatic rings. The quantitative estimate of drug-likeness (QED) is 0.552. The van der Waals surface area contributed by atoms with Gasteiger partial charge in [0.2, 0.25) is 11.8 Å². The summed E-state index contributed by atoms with van der Waals surface area (Å²) in [4.78, 5) is 50.2. The second-order valence-corrected chi connectivity index (χ2v) is 7.60. The molecule has 0 radical (unpaired) electrons. The van der Waals surface area contributed by atoms with E-state index in [2.05, 4.69) is 5.10 Å². The van der Waals surface area contributed by atoms with Crippen molar-refractivity contribution in [2.75, 3.05) is 19.7 Å². The lowest BCUT2D eigenvalue weighted by Crippen LogP contribution is -2.38. The van der Waals surface area contributed by atoms with Gasteiger partial charge in [-0.05, 0) is 18.4 Å². The molecule has 3 amide bonds. The van der Waals surface area contributed by atoms with E-state index in [1.54, 1.807) is 0 Å². The van der Waals surface area contributed by atoms with E-state index in [0.29, 0.717) is 25.8 Å². The van der Waals surface area contributed by atoms with Crippen molar-refractivity contribution in [3.63, 3.8) is 0 Å². The van der Waals surface area contributed by atoms with E-state index in [4.69, 9.17) is 4.74 Å². The molecule has 8 nitrogen and oxygen atoms in total. The molecule has 2 aliphatic heterocycles. The molecule has 1 aromatic rings. The van der Waals surface area contributed by atoms with Crippen LogP contribution in [0.5, 0.6) is 0 Å². The zero-order valence-corrected chi connectivity index (χ0v) is 16.1. The molecule has 0 N–H and O–H groups in total. The minimum atomic E-state index is -0.759. The summed E-state index contributed by atoms with van der Waals surface area (Å²) in [5.41, 5.74) is 1.76. The van der Waals surface area contributed by atoms with Gasteiger partial charge in [-0.25, -0.2) is 5.01 Å². The Kier molecular flexibility index (Phi) is 5.42. The molecule has 1 aromatic carbocycles. The summed E-state index contributed by atoms with van der Waals surface area (Å²) in [7, 11) is 0. The maximum atomic E-state index is 12.4. The first-order chi connectivity index (χ1) is 14.0. The Hall–Kier alpha value is -3.03. The number of esters is 1. The molecule has 29 heavy (non-hydrogen) atoms. The average Bonchev–Trinajstić information content (AvgIpc) is 3.33. The number of benzene rings is 1. The van der Waals surface area contributed by atoms with Gasteiger partial charge in [-0.1, -0.05) is 43.2 Å². The molecule has 4 rings (SSSR count). The standard InChI is InChI=1S/C21H23N3O5/c25-18(24-11-10-17(22-24)14-6-2-1-3-7-14)13-29-19(26)12-23-20(27)15-8-4-5-9-16(15)21(23)28/h1-3,6-7,15-16H,4-5,8-13H2/t15-,16+.